The van der Waals surface area contributed by atoms with E-state index in [0.717, 1.165) is 27.4 Å². The topological polar surface area (TPSA) is 73.3 Å². The molecule has 1 saturated heterocycles. The van der Waals surface area contributed by atoms with E-state index in [1.54, 1.807) is 17.5 Å². The van der Waals surface area contributed by atoms with Crippen molar-refractivity contribution in [2.75, 3.05) is 13.7 Å². The van der Waals surface area contributed by atoms with E-state index < -0.39 is 0 Å². The van der Waals surface area contributed by atoms with Crippen molar-refractivity contribution in [3.63, 3.8) is 0 Å². The average Bonchev–Trinajstić information content (AvgIpc) is 3.31. The third kappa shape index (κ3) is 3.20. The van der Waals surface area contributed by atoms with Crippen LogP contribution in [0.4, 0.5) is 0 Å². The van der Waals surface area contributed by atoms with Crippen LogP contribution in [0, 0.1) is 0 Å². The minimum Gasteiger partial charge on any atom is -0.487 e. The first kappa shape index (κ1) is 16.0. The predicted molar refractivity (Wildman–Crippen MR) is 95.7 cm³/mol. The van der Waals surface area contributed by atoms with Gasteiger partial charge in [-0.05, 0) is 23.6 Å². The largest absolute Gasteiger partial charge is 0.487 e. The Morgan fingerprint density at radius 1 is 1.32 bits per heavy atom. The average molecular weight is 355 g/mol. The summed E-state index contributed by atoms with van der Waals surface area (Å²) in [7, 11) is 1.40. The Morgan fingerprint density at radius 3 is 3.04 bits per heavy atom. The van der Waals surface area contributed by atoms with Crippen LogP contribution in [-0.4, -0.2) is 41.7 Å². The highest BCUT2D eigenvalue weighted by molar-refractivity contribution is 7.17. The van der Waals surface area contributed by atoms with Crippen molar-refractivity contribution in [1.82, 2.24) is 15.3 Å². The highest BCUT2D eigenvalue weighted by Crippen LogP contribution is 2.34. The summed E-state index contributed by atoms with van der Waals surface area (Å²) in [4.78, 5) is 20.7. The molecule has 0 saturated carbocycles. The molecule has 4 heterocycles. The zero-order valence-corrected chi connectivity index (χ0v) is 14.5. The number of rotatable bonds is 4. The standard InChI is InChI=1S/C18H17N3O3S/c1-23-18(22)15-8-11(10-20-15)24-16-9-14(12-4-2-3-6-19-12)21-13-5-7-25-17(13)16/h2-7,9,11,15,20H,8,10H2,1H3/t11-,15?/m1/s1. The smallest absolute Gasteiger partial charge is 0.323 e. The SMILES string of the molecule is COC(=O)C1C[C@@H](Oc2cc(-c3ccccn3)nc3ccsc23)CN1. The van der Waals surface area contributed by atoms with Crippen LogP contribution in [0.2, 0.25) is 0 Å². The molecule has 0 aromatic carbocycles. The summed E-state index contributed by atoms with van der Waals surface area (Å²) >= 11 is 1.59. The monoisotopic (exact) mass is 355 g/mol. The molecular weight excluding hydrogens is 338 g/mol. The van der Waals surface area contributed by atoms with Gasteiger partial charge >= 0.3 is 5.97 Å². The fourth-order valence-electron chi connectivity index (χ4n) is 2.95. The molecular formula is C18H17N3O3S. The van der Waals surface area contributed by atoms with Crippen molar-refractivity contribution in [1.29, 1.82) is 0 Å². The third-order valence-electron chi connectivity index (χ3n) is 4.17. The number of carbonyl (C=O) groups is 1. The number of fused-ring (bicyclic) bond motifs is 1. The number of pyridine rings is 2. The Morgan fingerprint density at radius 2 is 2.24 bits per heavy atom. The molecule has 1 fully saturated rings. The van der Waals surface area contributed by atoms with Crippen molar-refractivity contribution in [3.8, 4) is 17.1 Å². The number of hydrogen-bond acceptors (Lipinski definition) is 7. The predicted octanol–water partition coefficient (Wildman–Crippen LogP) is 2.64. The van der Waals surface area contributed by atoms with Crippen LogP contribution in [0.1, 0.15) is 6.42 Å². The van der Waals surface area contributed by atoms with E-state index in [1.807, 2.05) is 35.7 Å². The summed E-state index contributed by atoms with van der Waals surface area (Å²) in [5, 5.41) is 5.14. The zero-order chi connectivity index (χ0) is 17.2. The highest BCUT2D eigenvalue weighted by atomic mass is 32.1. The second-order valence-corrected chi connectivity index (χ2v) is 6.73. The van der Waals surface area contributed by atoms with Crippen molar-refractivity contribution in [2.24, 2.45) is 0 Å². The van der Waals surface area contributed by atoms with Gasteiger partial charge in [-0.1, -0.05) is 6.07 Å². The van der Waals surface area contributed by atoms with E-state index in [4.69, 9.17) is 9.47 Å². The van der Waals surface area contributed by atoms with Crippen LogP contribution >= 0.6 is 11.3 Å². The molecule has 2 atom stereocenters. The molecule has 25 heavy (non-hydrogen) atoms. The van der Waals surface area contributed by atoms with Gasteiger partial charge in [0, 0.05) is 25.2 Å². The molecule has 0 amide bonds. The Labute approximate surface area is 148 Å². The maximum atomic E-state index is 11.7. The second kappa shape index (κ2) is 6.78. The lowest BCUT2D eigenvalue weighted by atomic mass is 10.2. The van der Waals surface area contributed by atoms with Gasteiger partial charge in [0.1, 0.15) is 17.9 Å². The Balaban J connectivity index is 1.63. The number of nitrogens with one attached hydrogen (secondary N) is 1. The fraction of sp³-hybridized carbons (Fsp3) is 0.278. The lowest BCUT2D eigenvalue weighted by Crippen LogP contribution is -2.31. The molecule has 0 aliphatic carbocycles. The van der Waals surface area contributed by atoms with E-state index in [1.165, 1.54) is 7.11 Å². The molecule has 1 unspecified atom stereocenters. The first-order valence-corrected chi connectivity index (χ1v) is 8.90. The molecule has 7 heteroatoms. The summed E-state index contributed by atoms with van der Waals surface area (Å²) in [5.41, 5.74) is 2.47. The number of nitrogens with zero attached hydrogens (tertiary/aromatic N) is 2. The zero-order valence-electron chi connectivity index (χ0n) is 13.6. The van der Waals surface area contributed by atoms with Gasteiger partial charge in [-0.2, -0.15) is 0 Å². The minimum absolute atomic E-state index is 0.0895. The van der Waals surface area contributed by atoms with Crippen LogP contribution in [0.3, 0.4) is 0 Å². The first-order valence-electron chi connectivity index (χ1n) is 8.02. The van der Waals surface area contributed by atoms with Crippen molar-refractivity contribution < 1.29 is 14.3 Å². The summed E-state index contributed by atoms with van der Waals surface area (Å²) in [6, 6.07) is 9.32. The molecule has 3 aromatic heterocycles. The summed E-state index contributed by atoms with van der Waals surface area (Å²) < 4.78 is 12.0. The van der Waals surface area contributed by atoms with Gasteiger partial charge in [-0.15, -0.1) is 11.3 Å². The summed E-state index contributed by atoms with van der Waals surface area (Å²) in [6.07, 6.45) is 2.24. The van der Waals surface area contributed by atoms with E-state index in [9.17, 15) is 4.79 Å². The quantitative estimate of drug-likeness (QED) is 0.726. The molecule has 3 aromatic rings. The van der Waals surface area contributed by atoms with Gasteiger partial charge in [0.15, 0.2) is 0 Å². The molecule has 0 radical (unpaired) electrons. The maximum absolute atomic E-state index is 11.7. The van der Waals surface area contributed by atoms with E-state index >= 15 is 0 Å². The Kier molecular flexibility index (Phi) is 4.33. The number of thiophene rings is 1. The van der Waals surface area contributed by atoms with Gasteiger partial charge in [-0.3, -0.25) is 9.78 Å². The van der Waals surface area contributed by atoms with Gasteiger partial charge in [0.05, 0.1) is 28.7 Å². The molecule has 1 N–H and O–H groups in total. The van der Waals surface area contributed by atoms with Gasteiger partial charge in [0.2, 0.25) is 0 Å². The minimum atomic E-state index is -0.314. The maximum Gasteiger partial charge on any atom is 0.323 e. The number of aromatic nitrogens is 2. The van der Waals surface area contributed by atoms with Gasteiger partial charge in [0.25, 0.3) is 0 Å². The lowest BCUT2D eigenvalue weighted by molar-refractivity contribution is -0.142. The van der Waals surface area contributed by atoms with Crippen LogP contribution in [0.25, 0.3) is 21.6 Å². The fourth-order valence-corrected chi connectivity index (χ4v) is 3.74. The van der Waals surface area contributed by atoms with Gasteiger partial charge in [-0.25, -0.2) is 4.98 Å². The number of ether oxygens (including phenoxy) is 2. The molecule has 0 bridgehead atoms. The highest BCUT2D eigenvalue weighted by Gasteiger charge is 2.31. The van der Waals surface area contributed by atoms with Crippen LogP contribution in [0.15, 0.2) is 41.9 Å². The Bertz CT molecular complexity index is 897. The third-order valence-corrected chi connectivity index (χ3v) is 5.09. The lowest BCUT2D eigenvalue weighted by Gasteiger charge is -2.14. The van der Waals surface area contributed by atoms with Crippen molar-refractivity contribution >= 4 is 27.5 Å². The molecule has 1 aliphatic heterocycles. The summed E-state index contributed by atoms with van der Waals surface area (Å²) in [5.74, 6) is 0.522. The van der Waals surface area contributed by atoms with Crippen molar-refractivity contribution in [3.05, 3.63) is 41.9 Å². The van der Waals surface area contributed by atoms with Crippen molar-refractivity contribution in [2.45, 2.75) is 18.6 Å². The van der Waals surface area contributed by atoms with Crippen LogP contribution in [0.5, 0.6) is 5.75 Å². The molecule has 128 valence electrons. The number of esters is 1. The summed E-state index contributed by atoms with van der Waals surface area (Å²) in [6.45, 7) is 0.605. The van der Waals surface area contributed by atoms with E-state index in [2.05, 4.69) is 15.3 Å². The van der Waals surface area contributed by atoms with Crippen LogP contribution < -0.4 is 10.1 Å². The molecule has 1 aliphatic rings. The van der Waals surface area contributed by atoms with Gasteiger partial charge < -0.3 is 14.8 Å². The van der Waals surface area contributed by atoms with E-state index in [-0.39, 0.29) is 18.1 Å². The first-order chi connectivity index (χ1) is 12.2. The van der Waals surface area contributed by atoms with Crippen LogP contribution in [-0.2, 0) is 9.53 Å². The normalized spacial score (nSPS) is 19.9. The molecule has 4 rings (SSSR count). The molecule has 6 nitrogen and oxygen atoms in total. The van der Waals surface area contributed by atoms with E-state index in [0.29, 0.717) is 13.0 Å². The Hall–Kier alpha value is -2.51. The second-order valence-electron chi connectivity index (χ2n) is 5.82. The number of methoxy groups -OCH3 is 1. The molecule has 0 spiro atoms. The number of hydrogen-bond donors (Lipinski definition) is 1. The number of carbonyl (C=O) groups excluding carboxylic acids is 1.